The molecule has 0 aliphatic heterocycles. The van der Waals surface area contributed by atoms with Crippen molar-refractivity contribution in [1.82, 2.24) is 0 Å². The first-order valence-corrected chi connectivity index (χ1v) is 12.2. The molecule has 1 nitrogen and oxygen atoms in total. The first-order chi connectivity index (χ1) is 10.8. The second-order valence-corrected chi connectivity index (χ2v) is 14.4. The van der Waals surface area contributed by atoms with Crippen LogP contribution >= 0.6 is 0 Å². The first-order valence-electron chi connectivity index (χ1n) is 9.17. The van der Waals surface area contributed by atoms with Crippen molar-refractivity contribution in [3.63, 3.8) is 0 Å². The van der Waals surface area contributed by atoms with E-state index in [-0.39, 0.29) is 62.8 Å². The standard InChI is InChI=1S/C22H35OSi.2ClH.Ti/c1-17-14-15-22(23-21(5,6)7,19(16-17)20(2,3)4)24(8,9)18-12-10-11-13-18;;;/h10,12,14,16H,11,15H2,1-9H3;2*1H;/q-1;;;+3/p-2. The molecule has 0 aromatic carbocycles. The number of hydrogen-bond acceptors (Lipinski definition) is 1. The van der Waals surface area contributed by atoms with E-state index >= 15 is 0 Å². The summed E-state index contributed by atoms with van der Waals surface area (Å²) in [6.07, 6.45) is 14.8. The fraction of sp³-hybridized carbons (Fsp3) is 0.636. The number of hydrogen-bond donors (Lipinski definition) is 0. The molecule has 2 aliphatic carbocycles. The monoisotopic (exact) mass is 461 g/mol. The Morgan fingerprint density at radius 1 is 1.07 bits per heavy atom. The molecule has 27 heavy (non-hydrogen) atoms. The fourth-order valence-electron chi connectivity index (χ4n) is 4.03. The average molecular weight is 462 g/mol. The van der Waals surface area contributed by atoms with Crippen LogP contribution in [0.2, 0.25) is 13.1 Å². The van der Waals surface area contributed by atoms with Crippen molar-refractivity contribution in [3.05, 3.63) is 46.7 Å². The molecule has 0 fully saturated rings. The molecule has 2 aliphatic rings. The molecule has 0 amide bonds. The number of rotatable bonds is 3. The Morgan fingerprint density at radius 3 is 2.04 bits per heavy atom. The van der Waals surface area contributed by atoms with Gasteiger partial charge in [-0.2, -0.15) is 6.08 Å². The average Bonchev–Trinajstić information content (AvgIpc) is 2.92. The van der Waals surface area contributed by atoms with Gasteiger partial charge in [0.2, 0.25) is 0 Å². The van der Waals surface area contributed by atoms with Gasteiger partial charge in [0, 0.05) is 0 Å². The first kappa shape index (κ1) is 29.6. The van der Waals surface area contributed by atoms with Crippen molar-refractivity contribution in [2.24, 2.45) is 5.41 Å². The Balaban J connectivity index is 0. The quantitative estimate of drug-likeness (QED) is 0.435. The number of allylic oxidation sites excluding steroid dienone is 6. The Bertz CT molecular complexity index is 634. The SMILES string of the molecule is CC1=CCC(OC(C)(C)C)([Si](C)(C)C2=[C-]CC=C2)C(C(C)(C)C)=C1.[Cl-].[Cl-].[Ti+3]. The van der Waals surface area contributed by atoms with E-state index in [0.29, 0.717) is 0 Å². The minimum Gasteiger partial charge on any atom is -1.00 e. The van der Waals surface area contributed by atoms with Gasteiger partial charge in [-0.05, 0) is 45.1 Å². The Morgan fingerprint density at radius 2 is 1.63 bits per heavy atom. The predicted octanol–water partition coefficient (Wildman–Crippen LogP) is 0.345. The zero-order valence-electron chi connectivity index (χ0n) is 18.4. The van der Waals surface area contributed by atoms with Crippen LogP contribution in [0.5, 0.6) is 0 Å². The molecule has 1 radical (unpaired) electrons. The van der Waals surface area contributed by atoms with Crippen molar-refractivity contribution < 1.29 is 51.3 Å². The molecule has 2 rings (SSSR count). The molecule has 0 aromatic heterocycles. The maximum absolute atomic E-state index is 6.99. The number of halogens is 2. The van der Waals surface area contributed by atoms with Crippen molar-refractivity contribution >= 4 is 8.07 Å². The Kier molecular flexibility index (Phi) is 10.9. The van der Waals surface area contributed by atoms with Gasteiger partial charge in [-0.15, -0.1) is 6.42 Å². The van der Waals surface area contributed by atoms with Gasteiger partial charge in [0.1, 0.15) is 0 Å². The summed E-state index contributed by atoms with van der Waals surface area (Å²) in [5.41, 5.74) is 2.71. The van der Waals surface area contributed by atoms with Crippen LogP contribution < -0.4 is 24.8 Å². The molecule has 0 saturated carbocycles. The van der Waals surface area contributed by atoms with Crippen LogP contribution in [-0.4, -0.2) is 18.9 Å². The Labute approximate surface area is 195 Å². The van der Waals surface area contributed by atoms with E-state index in [1.165, 1.54) is 16.3 Å². The van der Waals surface area contributed by atoms with Crippen LogP contribution in [0.25, 0.3) is 0 Å². The largest absolute Gasteiger partial charge is 3.00 e. The summed E-state index contributed by atoms with van der Waals surface area (Å²) >= 11 is 0. The van der Waals surface area contributed by atoms with Crippen LogP contribution in [0.1, 0.15) is 61.3 Å². The van der Waals surface area contributed by atoms with Crippen molar-refractivity contribution in [1.29, 1.82) is 0 Å². The van der Waals surface area contributed by atoms with E-state index in [9.17, 15) is 0 Å². The summed E-state index contributed by atoms with van der Waals surface area (Å²) in [5.74, 6) is 0. The van der Waals surface area contributed by atoms with Crippen molar-refractivity contribution in [2.75, 3.05) is 0 Å². The molecule has 5 heteroatoms. The summed E-state index contributed by atoms with van der Waals surface area (Å²) in [6.45, 7) is 20.7. The second kappa shape index (κ2) is 9.96. The van der Waals surface area contributed by atoms with Crippen molar-refractivity contribution in [3.8, 4) is 0 Å². The molecule has 0 saturated heterocycles. The molecule has 0 N–H and O–H groups in total. The zero-order chi connectivity index (χ0) is 18.4. The molecule has 0 aromatic rings. The van der Waals surface area contributed by atoms with E-state index in [0.717, 1.165) is 12.8 Å². The van der Waals surface area contributed by atoms with Gasteiger partial charge in [-0.1, -0.05) is 51.6 Å². The summed E-state index contributed by atoms with van der Waals surface area (Å²) in [4.78, 5) is 0. The smallest absolute Gasteiger partial charge is 1.00 e. The van der Waals surface area contributed by atoms with Gasteiger partial charge in [0.05, 0.1) is 18.9 Å². The van der Waals surface area contributed by atoms with Gasteiger partial charge in [0.25, 0.3) is 0 Å². The molecular weight excluding hydrogens is 427 g/mol. The minimum atomic E-state index is -1.95. The van der Waals surface area contributed by atoms with E-state index in [4.69, 9.17) is 4.74 Å². The molecule has 0 heterocycles. The predicted molar refractivity (Wildman–Crippen MR) is 107 cm³/mol. The third-order valence-corrected chi connectivity index (χ3v) is 9.47. The number of ether oxygens (including phenoxy) is 1. The minimum absolute atomic E-state index is 0. The molecule has 0 spiro atoms. The van der Waals surface area contributed by atoms with Gasteiger partial charge in [-0.25, -0.2) is 11.3 Å². The van der Waals surface area contributed by atoms with Gasteiger partial charge in [-0.3, -0.25) is 6.08 Å². The molecule has 1 atom stereocenters. The van der Waals surface area contributed by atoms with Crippen LogP contribution in [0, 0.1) is 11.5 Å². The topological polar surface area (TPSA) is 9.23 Å². The Hall–Kier alpha value is 0.431. The van der Waals surface area contributed by atoms with Gasteiger partial charge in [0.15, 0.2) is 0 Å². The fourth-order valence-corrected chi connectivity index (χ4v) is 7.84. The normalized spacial score (nSPS) is 22.6. The van der Waals surface area contributed by atoms with Crippen LogP contribution in [0.15, 0.2) is 40.6 Å². The third-order valence-electron chi connectivity index (χ3n) is 5.18. The zero-order valence-corrected chi connectivity index (χ0v) is 22.5. The van der Waals surface area contributed by atoms with Crippen molar-refractivity contribution in [2.45, 2.75) is 85.2 Å². The summed E-state index contributed by atoms with van der Waals surface area (Å²) in [6, 6.07) is 0. The molecule has 1 unspecified atom stereocenters. The van der Waals surface area contributed by atoms with E-state index in [1.807, 2.05) is 0 Å². The third kappa shape index (κ3) is 6.20. The maximum atomic E-state index is 6.99. The van der Waals surface area contributed by atoms with E-state index in [1.54, 1.807) is 0 Å². The summed E-state index contributed by atoms with van der Waals surface area (Å²) < 4.78 is 6.99. The molecule has 0 bridgehead atoms. The second-order valence-electron chi connectivity index (χ2n) is 9.82. The van der Waals surface area contributed by atoms with E-state index in [2.05, 4.69) is 91.9 Å². The van der Waals surface area contributed by atoms with Crippen LogP contribution in [0.3, 0.4) is 0 Å². The van der Waals surface area contributed by atoms with Gasteiger partial charge >= 0.3 is 21.7 Å². The molecular formula is C22H35Cl2OSiTi. The summed E-state index contributed by atoms with van der Waals surface area (Å²) in [7, 11) is -1.95. The molecule has 151 valence electrons. The van der Waals surface area contributed by atoms with Gasteiger partial charge < -0.3 is 29.6 Å². The summed E-state index contributed by atoms with van der Waals surface area (Å²) in [5, 5.41) is 1.19. The van der Waals surface area contributed by atoms with Crippen LogP contribution in [0.4, 0.5) is 0 Å². The maximum Gasteiger partial charge on any atom is 3.00 e. The van der Waals surface area contributed by atoms with Crippen LogP contribution in [-0.2, 0) is 26.5 Å². The van der Waals surface area contributed by atoms with E-state index < -0.39 is 8.07 Å².